The normalized spacial score (nSPS) is 20.4. The zero-order chi connectivity index (χ0) is 8.32. The van der Waals surface area contributed by atoms with Gasteiger partial charge >= 0.3 is 0 Å². The average Bonchev–Trinajstić information content (AvgIpc) is 1.94. The van der Waals surface area contributed by atoms with Gasteiger partial charge in [0.2, 0.25) is 0 Å². The van der Waals surface area contributed by atoms with Crippen molar-refractivity contribution in [3.63, 3.8) is 0 Å². The van der Waals surface area contributed by atoms with Crippen molar-refractivity contribution in [1.82, 2.24) is 5.32 Å². The lowest BCUT2D eigenvalue weighted by molar-refractivity contribution is 0.364. The van der Waals surface area contributed by atoms with Crippen LogP contribution in [0.15, 0.2) is 4.99 Å². The smallest absolute Gasteiger partial charge is 0.156 e. The van der Waals surface area contributed by atoms with Crippen LogP contribution < -0.4 is 5.32 Å². The molecule has 72 valence electrons. The number of nitrogens with zero attached hydrogens (tertiary/aromatic N) is 1. The predicted molar refractivity (Wildman–Crippen MR) is 62.5 cm³/mol. The van der Waals surface area contributed by atoms with Crippen LogP contribution in [0.3, 0.4) is 0 Å². The maximum absolute atomic E-state index is 4.44. The molecule has 0 amide bonds. The number of amidine groups is 1. The van der Waals surface area contributed by atoms with E-state index in [1.807, 2.05) is 0 Å². The van der Waals surface area contributed by atoms with E-state index in [2.05, 4.69) is 31.1 Å². The summed E-state index contributed by atoms with van der Waals surface area (Å²) in [5.74, 6) is 1.10. The molecule has 0 unspecified atom stereocenters. The topological polar surface area (TPSA) is 24.4 Å². The Labute approximate surface area is 89.4 Å². The lowest BCUT2D eigenvalue weighted by Gasteiger charge is -2.28. The molecule has 0 saturated heterocycles. The minimum atomic E-state index is 0. The largest absolute Gasteiger partial charge is 0.364 e. The molecule has 0 saturated carbocycles. The Balaban J connectivity index is 0.00000121. The number of aliphatic imine (C=N–C) groups is 1. The van der Waals surface area contributed by atoms with Crippen LogP contribution in [0, 0.1) is 5.41 Å². The fourth-order valence-corrected chi connectivity index (χ4v) is 1.55. The molecule has 4 heteroatoms. The lowest BCUT2D eigenvalue weighted by Crippen LogP contribution is -2.39. The third-order valence-corrected chi connectivity index (χ3v) is 2.49. The molecule has 0 fully saturated rings. The van der Waals surface area contributed by atoms with Gasteiger partial charge in [0.1, 0.15) is 0 Å². The van der Waals surface area contributed by atoms with Gasteiger partial charge in [-0.1, -0.05) is 32.5 Å². The van der Waals surface area contributed by atoms with Crippen LogP contribution in [0.1, 0.15) is 20.8 Å². The fraction of sp³-hybridized carbons (Fsp3) is 0.875. The van der Waals surface area contributed by atoms with Gasteiger partial charge in [0, 0.05) is 18.5 Å². The molecule has 1 N–H and O–H groups in total. The summed E-state index contributed by atoms with van der Waals surface area (Å²) < 4.78 is 0. The van der Waals surface area contributed by atoms with Crippen LogP contribution in [0.25, 0.3) is 0 Å². The third-order valence-electron chi connectivity index (χ3n) is 1.65. The summed E-state index contributed by atoms with van der Waals surface area (Å²) >= 11 is 1.79. The molecule has 1 aliphatic rings. The molecular weight excluding hydrogens is 236 g/mol. The van der Waals surface area contributed by atoms with Gasteiger partial charge in [0.05, 0.1) is 0 Å². The van der Waals surface area contributed by atoms with E-state index in [9.17, 15) is 0 Å². The van der Waals surface area contributed by atoms with Gasteiger partial charge in [0.15, 0.2) is 5.17 Å². The standard InChI is InChI=1S/C8H16N2S.BrH/c1-4-11-7-9-5-8(2,3)6-10-7;/h4-6H2,1-3H3,(H,9,10);1H. The number of rotatable bonds is 1. The second-order valence-corrected chi connectivity index (χ2v) is 4.82. The number of halogens is 1. The lowest BCUT2D eigenvalue weighted by atomic mass is 9.93. The number of thioether (sulfide) groups is 1. The van der Waals surface area contributed by atoms with E-state index in [4.69, 9.17) is 0 Å². The van der Waals surface area contributed by atoms with Crippen molar-refractivity contribution in [2.75, 3.05) is 18.8 Å². The van der Waals surface area contributed by atoms with Gasteiger partial charge in [-0.15, -0.1) is 17.0 Å². The van der Waals surface area contributed by atoms with Gasteiger partial charge in [-0.3, -0.25) is 4.99 Å². The summed E-state index contributed by atoms with van der Waals surface area (Å²) in [5, 5.41) is 4.44. The maximum atomic E-state index is 4.44. The molecule has 1 aliphatic heterocycles. The summed E-state index contributed by atoms with van der Waals surface area (Å²) in [6.07, 6.45) is 0. The van der Waals surface area contributed by atoms with Gasteiger partial charge in [-0.2, -0.15) is 0 Å². The monoisotopic (exact) mass is 252 g/mol. The van der Waals surface area contributed by atoms with Crippen LogP contribution in [0.2, 0.25) is 0 Å². The maximum Gasteiger partial charge on any atom is 0.156 e. The second kappa shape index (κ2) is 5.12. The van der Waals surface area contributed by atoms with E-state index in [1.165, 1.54) is 0 Å². The average molecular weight is 253 g/mol. The van der Waals surface area contributed by atoms with E-state index in [0.29, 0.717) is 5.41 Å². The molecule has 0 aliphatic carbocycles. The van der Waals surface area contributed by atoms with Crippen LogP contribution in [0.4, 0.5) is 0 Å². The zero-order valence-corrected chi connectivity index (χ0v) is 10.4. The molecule has 0 aromatic heterocycles. The van der Waals surface area contributed by atoms with Crippen molar-refractivity contribution in [2.24, 2.45) is 10.4 Å². The fourth-order valence-electron chi connectivity index (χ4n) is 0.946. The van der Waals surface area contributed by atoms with E-state index >= 15 is 0 Å². The summed E-state index contributed by atoms with van der Waals surface area (Å²) in [6, 6.07) is 0. The first-order valence-electron chi connectivity index (χ1n) is 4.05. The van der Waals surface area contributed by atoms with Gasteiger partial charge in [-0.05, 0) is 5.75 Å². The minimum Gasteiger partial charge on any atom is -0.364 e. The van der Waals surface area contributed by atoms with Crippen molar-refractivity contribution in [1.29, 1.82) is 0 Å². The Kier molecular flexibility index (Phi) is 5.25. The number of nitrogens with one attached hydrogen (secondary N) is 1. The summed E-state index contributed by atoms with van der Waals surface area (Å²) in [4.78, 5) is 4.44. The first kappa shape index (κ1) is 12.3. The van der Waals surface area contributed by atoms with Gasteiger partial charge < -0.3 is 5.32 Å². The summed E-state index contributed by atoms with van der Waals surface area (Å²) in [5.41, 5.74) is 0.345. The molecule has 1 heterocycles. The Morgan fingerprint density at radius 2 is 2.25 bits per heavy atom. The Bertz CT molecular complexity index is 168. The van der Waals surface area contributed by atoms with Crippen molar-refractivity contribution < 1.29 is 0 Å². The van der Waals surface area contributed by atoms with Crippen molar-refractivity contribution in [3.8, 4) is 0 Å². The zero-order valence-electron chi connectivity index (χ0n) is 7.89. The van der Waals surface area contributed by atoms with Gasteiger partial charge in [-0.25, -0.2) is 0 Å². The Morgan fingerprint density at radius 1 is 1.58 bits per heavy atom. The third kappa shape index (κ3) is 3.81. The first-order chi connectivity index (χ1) is 5.14. The summed E-state index contributed by atoms with van der Waals surface area (Å²) in [6.45, 7) is 8.63. The second-order valence-electron chi connectivity index (χ2n) is 3.57. The summed E-state index contributed by atoms with van der Waals surface area (Å²) in [7, 11) is 0. The van der Waals surface area contributed by atoms with Crippen LogP contribution in [-0.4, -0.2) is 24.0 Å². The molecule has 0 spiro atoms. The molecule has 0 bridgehead atoms. The van der Waals surface area contributed by atoms with E-state index in [-0.39, 0.29) is 17.0 Å². The van der Waals surface area contributed by atoms with Gasteiger partial charge in [0.25, 0.3) is 0 Å². The van der Waals surface area contributed by atoms with Crippen molar-refractivity contribution in [3.05, 3.63) is 0 Å². The van der Waals surface area contributed by atoms with Crippen LogP contribution in [0.5, 0.6) is 0 Å². The highest BCUT2D eigenvalue weighted by Gasteiger charge is 2.21. The molecule has 2 nitrogen and oxygen atoms in total. The quantitative estimate of drug-likeness (QED) is 0.775. The molecule has 12 heavy (non-hydrogen) atoms. The highest BCUT2D eigenvalue weighted by Crippen LogP contribution is 2.19. The molecule has 0 aromatic rings. The Morgan fingerprint density at radius 3 is 2.67 bits per heavy atom. The highest BCUT2D eigenvalue weighted by molar-refractivity contribution is 8.93. The van der Waals surface area contributed by atoms with E-state index in [1.54, 1.807) is 11.8 Å². The van der Waals surface area contributed by atoms with Crippen LogP contribution >= 0.6 is 28.7 Å². The number of hydrogen-bond acceptors (Lipinski definition) is 3. The van der Waals surface area contributed by atoms with E-state index in [0.717, 1.165) is 24.0 Å². The SMILES string of the molecule is Br.CCSC1=NCC(C)(C)CN1. The minimum absolute atomic E-state index is 0. The first-order valence-corrected chi connectivity index (χ1v) is 5.04. The van der Waals surface area contributed by atoms with Crippen molar-refractivity contribution in [2.45, 2.75) is 20.8 Å². The Hall–Kier alpha value is 0.300. The molecule has 1 rings (SSSR count). The van der Waals surface area contributed by atoms with Crippen molar-refractivity contribution >= 4 is 33.9 Å². The predicted octanol–water partition coefficient (Wildman–Crippen LogP) is 2.30. The highest BCUT2D eigenvalue weighted by atomic mass is 79.9. The molecular formula is C8H17BrN2S. The van der Waals surface area contributed by atoms with Crippen LogP contribution in [-0.2, 0) is 0 Å². The molecule has 0 radical (unpaired) electrons. The molecule has 0 atom stereocenters. The number of hydrogen-bond donors (Lipinski definition) is 1. The van der Waals surface area contributed by atoms with E-state index < -0.39 is 0 Å². The molecule has 0 aromatic carbocycles.